The summed E-state index contributed by atoms with van der Waals surface area (Å²) < 4.78 is 0. The molecule has 1 fully saturated rings. The number of aliphatic carboxylic acids is 1. The lowest BCUT2D eigenvalue weighted by atomic mass is 9.82. The standard InChI is InChI=1S/C15H23NO3/c1-8(2)9(3)7-16-14(17)12-10-4-5-11(6-10)13(12)15(18)19/h4-5,8-13H,6-7H2,1-3H3,(H,16,17)(H,18,19). The zero-order valence-corrected chi connectivity index (χ0v) is 11.8. The first kappa shape index (κ1) is 14.1. The monoisotopic (exact) mass is 265 g/mol. The molecule has 2 N–H and O–H groups in total. The zero-order valence-electron chi connectivity index (χ0n) is 11.8. The van der Waals surface area contributed by atoms with E-state index in [-0.39, 0.29) is 23.7 Å². The molecule has 1 saturated carbocycles. The molecule has 0 aromatic carbocycles. The minimum Gasteiger partial charge on any atom is -0.481 e. The van der Waals surface area contributed by atoms with Crippen LogP contribution in [0.25, 0.3) is 0 Å². The maximum atomic E-state index is 12.3. The van der Waals surface area contributed by atoms with Crippen LogP contribution >= 0.6 is 0 Å². The van der Waals surface area contributed by atoms with Gasteiger partial charge in [0.2, 0.25) is 5.91 Å². The molecule has 2 rings (SSSR count). The van der Waals surface area contributed by atoms with Crippen molar-refractivity contribution in [2.45, 2.75) is 27.2 Å². The first-order valence-corrected chi connectivity index (χ1v) is 7.10. The van der Waals surface area contributed by atoms with Gasteiger partial charge >= 0.3 is 5.97 Å². The summed E-state index contributed by atoms with van der Waals surface area (Å²) >= 11 is 0. The van der Waals surface area contributed by atoms with Gasteiger partial charge in [-0.2, -0.15) is 0 Å². The Kier molecular flexibility index (Phi) is 3.97. The molecule has 0 radical (unpaired) electrons. The van der Waals surface area contributed by atoms with Crippen LogP contribution in [0.3, 0.4) is 0 Å². The van der Waals surface area contributed by atoms with Crippen LogP contribution in [0.5, 0.6) is 0 Å². The van der Waals surface area contributed by atoms with E-state index in [0.29, 0.717) is 18.4 Å². The van der Waals surface area contributed by atoms with Crippen molar-refractivity contribution in [3.8, 4) is 0 Å². The molecule has 0 aromatic heterocycles. The Morgan fingerprint density at radius 3 is 2.32 bits per heavy atom. The average molecular weight is 265 g/mol. The first-order chi connectivity index (χ1) is 8.91. The first-order valence-electron chi connectivity index (χ1n) is 7.10. The van der Waals surface area contributed by atoms with E-state index in [1.54, 1.807) is 0 Å². The van der Waals surface area contributed by atoms with Crippen LogP contribution in [0.1, 0.15) is 27.2 Å². The molecular formula is C15H23NO3. The van der Waals surface area contributed by atoms with Gasteiger partial charge in [-0.15, -0.1) is 0 Å². The van der Waals surface area contributed by atoms with Gasteiger partial charge in [0.05, 0.1) is 11.8 Å². The predicted octanol–water partition coefficient (Wildman–Crippen LogP) is 1.92. The summed E-state index contributed by atoms with van der Waals surface area (Å²) in [6.07, 6.45) is 4.79. The van der Waals surface area contributed by atoms with Gasteiger partial charge in [0.15, 0.2) is 0 Å². The number of carbonyl (C=O) groups is 2. The fourth-order valence-electron chi connectivity index (χ4n) is 3.13. The topological polar surface area (TPSA) is 66.4 Å². The van der Waals surface area contributed by atoms with E-state index >= 15 is 0 Å². The summed E-state index contributed by atoms with van der Waals surface area (Å²) in [5.74, 6) is -0.778. The van der Waals surface area contributed by atoms with E-state index in [2.05, 4.69) is 26.1 Å². The fourth-order valence-corrected chi connectivity index (χ4v) is 3.13. The highest BCUT2D eigenvalue weighted by Crippen LogP contribution is 2.48. The van der Waals surface area contributed by atoms with Crippen molar-refractivity contribution < 1.29 is 14.7 Å². The van der Waals surface area contributed by atoms with Crippen LogP contribution in [0.2, 0.25) is 0 Å². The Morgan fingerprint density at radius 2 is 1.79 bits per heavy atom. The van der Waals surface area contributed by atoms with Gasteiger partial charge in [0.25, 0.3) is 0 Å². The number of hydrogen-bond donors (Lipinski definition) is 2. The molecular weight excluding hydrogens is 242 g/mol. The second kappa shape index (κ2) is 5.35. The summed E-state index contributed by atoms with van der Waals surface area (Å²) in [6, 6.07) is 0. The number of rotatable bonds is 5. The number of fused-ring (bicyclic) bond motifs is 2. The molecule has 0 saturated heterocycles. The lowest BCUT2D eigenvalue weighted by Crippen LogP contribution is -2.42. The quantitative estimate of drug-likeness (QED) is 0.746. The Morgan fingerprint density at radius 1 is 1.21 bits per heavy atom. The highest BCUT2D eigenvalue weighted by Gasteiger charge is 2.51. The lowest BCUT2D eigenvalue weighted by molar-refractivity contribution is -0.147. The molecule has 19 heavy (non-hydrogen) atoms. The fraction of sp³-hybridized carbons (Fsp3) is 0.733. The SMILES string of the molecule is CC(C)C(C)CNC(=O)C1C2C=CC(C2)C1C(=O)O. The van der Waals surface area contributed by atoms with Crippen LogP contribution in [0.4, 0.5) is 0 Å². The van der Waals surface area contributed by atoms with Crippen molar-refractivity contribution in [3.63, 3.8) is 0 Å². The molecule has 0 heterocycles. The van der Waals surface area contributed by atoms with Gasteiger partial charge in [-0.25, -0.2) is 0 Å². The third kappa shape index (κ3) is 2.67. The number of carboxylic acid groups (broad SMARTS) is 1. The Balaban J connectivity index is 1.98. The smallest absolute Gasteiger partial charge is 0.307 e. The van der Waals surface area contributed by atoms with Gasteiger partial charge in [0.1, 0.15) is 0 Å². The molecule has 5 unspecified atom stereocenters. The second-order valence-electron chi connectivity index (χ2n) is 6.30. The molecule has 0 aromatic rings. The number of hydrogen-bond acceptors (Lipinski definition) is 2. The van der Waals surface area contributed by atoms with Gasteiger partial charge in [0, 0.05) is 6.54 Å². The van der Waals surface area contributed by atoms with Crippen molar-refractivity contribution in [3.05, 3.63) is 12.2 Å². The summed E-state index contributed by atoms with van der Waals surface area (Å²) in [5, 5.41) is 12.2. The van der Waals surface area contributed by atoms with E-state index in [9.17, 15) is 14.7 Å². The highest BCUT2D eigenvalue weighted by molar-refractivity contribution is 5.86. The summed E-state index contributed by atoms with van der Waals surface area (Å²) in [5.41, 5.74) is 0. The highest BCUT2D eigenvalue weighted by atomic mass is 16.4. The van der Waals surface area contributed by atoms with E-state index < -0.39 is 11.9 Å². The molecule has 106 valence electrons. The zero-order chi connectivity index (χ0) is 14.2. The number of nitrogens with one attached hydrogen (secondary N) is 1. The van der Waals surface area contributed by atoms with Crippen LogP contribution in [-0.2, 0) is 9.59 Å². The van der Waals surface area contributed by atoms with Gasteiger partial charge in [-0.05, 0) is 30.1 Å². The van der Waals surface area contributed by atoms with Gasteiger partial charge < -0.3 is 10.4 Å². The van der Waals surface area contributed by atoms with Gasteiger partial charge in [-0.3, -0.25) is 9.59 Å². The van der Waals surface area contributed by atoms with E-state index in [1.807, 2.05) is 12.2 Å². The van der Waals surface area contributed by atoms with Crippen molar-refractivity contribution in [2.24, 2.45) is 35.5 Å². The summed E-state index contributed by atoms with van der Waals surface area (Å²) in [4.78, 5) is 23.6. The molecule has 0 aliphatic heterocycles. The van der Waals surface area contributed by atoms with E-state index in [4.69, 9.17) is 0 Å². The molecule has 2 aliphatic rings. The summed E-state index contributed by atoms with van der Waals surface area (Å²) in [7, 11) is 0. The van der Waals surface area contributed by atoms with Crippen molar-refractivity contribution in [1.29, 1.82) is 0 Å². The van der Waals surface area contributed by atoms with Gasteiger partial charge in [-0.1, -0.05) is 32.9 Å². The van der Waals surface area contributed by atoms with E-state index in [0.717, 1.165) is 6.42 Å². The number of carbonyl (C=O) groups excluding carboxylic acids is 1. The lowest BCUT2D eigenvalue weighted by Gasteiger charge is -2.25. The Hall–Kier alpha value is -1.32. The molecule has 1 amide bonds. The minimum absolute atomic E-state index is 0.0424. The minimum atomic E-state index is -0.839. The third-order valence-electron chi connectivity index (χ3n) is 4.78. The Labute approximate surface area is 114 Å². The maximum Gasteiger partial charge on any atom is 0.307 e. The van der Waals surface area contributed by atoms with Crippen LogP contribution in [-0.4, -0.2) is 23.5 Å². The molecule has 5 atom stereocenters. The van der Waals surface area contributed by atoms with E-state index in [1.165, 1.54) is 0 Å². The molecule has 4 nitrogen and oxygen atoms in total. The Bertz CT molecular complexity index is 402. The van der Waals surface area contributed by atoms with Crippen molar-refractivity contribution >= 4 is 11.9 Å². The van der Waals surface area contributed by atoms with Crippen molar-refractivity contribution in [1.82, 2.24) is 5.32 Å². The number of allylic oxidation sites excluding steroid dienone is 2. The third-order valence-corrected chi connectivity index (χ3v) is 4.78. The van der Waals surface area contributed by atoms with Crippen LogP contribution < -0.4 is 5.32 Å². The largest absolute Gasteiger partial charge is 0.481 e. The molecule has 0 spiro atoms. The van der Waals surface area contributed by atoms with Crippen LogP contribution in [0, 0.1) is 35.5 Å². The molecule has 2 bridgehead atoms. The number of amides is 1. The second-order valence-corrected chi connectivity index (χ2v) is 6.30. The number of carboxylic acids is 1. The van der Waals surface area contributed by atoms with Crippen molar-refractivity contribution in [2.75, 3.05) is 6.54 Å². The molecule has 4 heteroatoms. The normalized spacial score (nSPS) is 33.7. The average Bonchev–Trinajstić information content (AvgIpc) is 2.94. The predicted molar refractivity (Wildman–Crippen MR) is 72.4 cm³/mol. The van der Waals surface area contributed by atoms with Crippen LogP contribution in [0.15, 0.2) is 12.2 Å². The summed E-state index contributed by atoms with van der Waals surface area (Å²) in [6.45, 7) is 6.97. The molecule has 2 aliphatic carbocycles. The maximum absolute atomic E-state index is 12.3.